The average molecular weight is 474 g/mol. The second-order valence-corrected chi connectivity index (χ2v) is 8.37. The zero-order valence-corrected chi connectivity index (χ0v) is 18.8. The summed E-state index contributed by atoms with van der Waals surface area (Å²) in [6, 6.07) is 5.89. The third kappa shape index (κ3) is 3.73. The van der Waals surface area contributed by atoms with E-state index in [2.05, 4.69) is 31.6 Å². The maximum Gasteiger partial charge on any atom is 0.152 e. The van der Waals surface area contributed by atoms with Gasteiger partial charge in [-0.1, -0.05) is 21.1 Å². The number of methoxy groups -OCH3 is 2. The Morgan fingerprint density at radius 2 is 2.17 bits per heavy atom. The third-order valence-corrected chi connectivity index (χ3v) is 5.91. The van der Waals surface area contributed by atoms with Gasteiger partial charge in [0.25, 0.3) is 0 Å². The minimum absolute atomic E-state index is 0.0133. The van der Waals surface area contributed by atoms with E-state index in [1.807, 2.05) is 29.8 Å². The number of nitrogens with one attached hydrogen (secondary N) is 1. The molecule has 3 heterocycles. The molecule has 0 spiro atoms. The first kappa shape index (κ1) is 20.9. The highest BCUT2D eigenvalue weighted by atomic mass is 79.9. The first-order valence-corrected chi connectivity index (χ1v) is 10.6. The molecule has 2 unspecified atom stereocenters. The molecule has 0 saturated heterocycles. The van der Waals surface area contributed by atoms with Crippen molar-refractivity contribution in [1.29, 1.82) is 0 Å². The van der Waals surface area contributed by atoms with Gasteiger partial charge in [-0.25, -0.2) is 4.68 Å². The van der Waals surface area contributed by atoms with Crippen LogP contribution < -0.4 is 5.32 Å². The van der Waals surface area contributed by atoms with Crippen LogP contribution in [0.3, 0.4) is 0 Å². The molecule has 158 valence electrons. The number of aryl methyl sites for hydroxylation is 1. The van der Waals surface area contributed by atoms with E-state index in [0.717, 1.165) is 50.9 Å². The van der Waals surface area contributed by atoms with Crippen LogP contribution in [0, 0.1) is 6.92 Å². The number of benzene rings is 1. The van der Waals surface area contributed by atoms with Gasteiger partial charge in [0.2, 0.25) is 0 Å². The lowest BCUT2D eigenvalue weighted by Crippen LogP contribution is -2.18. The lowest BCUT2D eigenvalue weighted by Gasteiger charge is -2.17. The Kier molecular flexibility index (Phi) is 6.12. The molecule has 0 saturated carbocycles. The van der Waals surface area contributed by atoms with Gasteiger partial charge in [-0.15, -0.1) is 5.10 Å². The number of aromatic nitrogens is 4. The van der Waals surface area contributed by atoms with Crippen LogP contribution in [0.1, 0.15) is 45.7 Å². The lowest BCUT2D eigenvalue weighted by molar-refractivity contribution is 0.112. The highest BCUT2D eigenvalue weighted by molar-refractivity contribution is 9.10. The van der Waals surface area contributed by atoms with Crippen molar-refractivity contribution < 1.29 is 14.3 Å². The van der Waals surface area contributed by atoms with Crippen molar-refractivity contribution in [3.63, 3.8) is 0 Å². The molecule has 2 atom stereocenters. The number of pyridine rings is 1. The van der Waals surface area contributed by atoms with Crippen LogP contribution in [0.5, 0.6) is 0 Å². The highest BCUT2D eigenvalue weighted by Gasteiger charge is 2.31. The van der Waals surface area contributed by atoms with E-state index in [0.29, 0.717) is 25.3 Å². The van der Waals surface area contributed by atoms with Crippen molar-refractivity contribution in [3.8, 4) is 0 Å². The normalized spacial score (nSPS) is 16.5. The van der Waals surface area contributed by atoms with Crippen LogP contribution >= 0.6 is 15.9 Å². The topological polar surface area (TPSA) is 91.2 Å². The van der Waals surface area contributed by atoms with E-state index in [4.69, 9.17) is 14.5 Å². The van der Waals surface area contributed by atoms with Crippen molar-refractivity contribution in [2.24, 2.45) is 0 Å². The molecular weight excluding hydrogens is 450 g/mol. The first-order chi connectivity index (χ1) is 14.6. The van der Waals surface area contributed by atoms with Gasteiger partial charge in [-0.3, -0.25) is 9.78 Å². The van der Waals surface area contributed by atoms with Crippen molar-refractivity contribution in [3.05, 3.63) is 45.2 Å². The van der Waals surface area contributed by atoms with Gasteiger partial charge in [0.15, 0.2) is 6.29 Å². The third-order valence-electron chi connectivity index (χ3n) is 5.46. The summed E-state index contributed by atoms with van der Waals surface area (Å²) in [6.45, 7) is 3.74. The van der Waals surface area contributed by atoms with Gasteiger partial charge in [0.1, 0.15) is 5.52 Å². The fraction of sp³-hybridized carbons (Fsp3) is 0.429. The molecule has 1 aliphatic heterocycles. The molecule has 1 N–H and O–H groups in total. The molecule has 1 aromatic carbocycles. The van der Waals surface area contributed by atoms with Crippen molar-refractivity contribution in [2.75, 3.05) is 39.3 Å². The van der Waals surface area contributed by atoms with Crippen LogP contribution in [0.25, 0.3) is 11.0 Å². The molecule has 8 nitrogen and oxygen atoms in total. The molecular formula is C21H24BrN5O3. The maximum absolute atomic E-state index is 11.5. The Morgan fingerprint density at radius 1 is 1.33 bits per heavy atom. The Morgan fingerprint density at radius 3 is 2.90 bits per heavy atom. The second-order valence-electron chi connectivity index (χ2n) is 7.45. The second kappa shape index (κ2) is 8.79. The van der Waals surface area contributed by atoms with Gasteiger partial charge in [0.05, 0.1) is 23.9 Å². The number of fused-ring (bicyclic) bond motifs is 2. The van der Waals surface area contributed by atoms with Crippen molar-refractivity contribution in [1.82, 2.24) is 20.0 Å². The zero-order valence-electron chi connectivity index (χ0n) is 17.2. The summed E-state index contributed by atoms with van der Waals surface area (Å²) in [4.78, 5) is 16.4. The first-order valence-electron chi connectivity index (χ1n) is 9.80. The molecule has 9 heteroatoms. The largest absolute Gasteiger partial charge is 0.385 e. The molecule has 0 radical (unpaired) electrons. The monoisotopic (exact) mass is 473 g/mol. The number of ether oxygens (including phenoxy) is 2. The van der Waals surface area contributed by atoms with E-state index in [1.54, 1.807) is 14.2 Å². The SMILES string of the molecule is COCCC(COC)n1nnc2c(C3CNc4c(C=O)cc(Br)cc43)nc(C)cc21. The minimum atomic E-state index is -0.0244. The number of hydrogen-bond acceptors (Lipinski definition) is 7. The molecule has 1 aliphatic rings. The number of carbonyl (C=O) groups excluding carboxylic acids is 1. The van der Waals surface area contributed by atoms with Gasteiger partial charge in [-0.05, 0) is 37.1 Å². The molecule has 0 aliphatic carbocycles. The van der Waals surface area contributed by atoms with Crippen LogP contribution in [-0.2, 0) is 9.47 Å². The number of anilines is 1. The predicted molar refractivity (Wildman–Crippen MR) is 117 cm³/mol. The van der Waals surface area contributed by atoms with E-state index in [9.17, 15) is 4.79 Å². The number of rotatable bonds is 8. The lowest BCUT2D eigenvalue weighted by atomic mass is 9.94. The van der Waals surface area contributed by atoms with Crippen LogP contribution in [0.15, 0.2) is 22.7 Å². The smallest absolute Gasteiger partial charge is 0.152 e. The van der Waals surface area contributed by atoms with E-state index >= 15 is 0 Å². The fourth-order valence-electron chi connectivity index (χ4n) is 4.11. The van der Waals surface area contributed by atoms with Crippen molar-refractivity contribution >= 4 is 38.9 Å². The minimum Gasteiger partial charge on any atom is -0.385 e. The molecule has 0 fully saturated rings. The van der Waals surface area contributed by atoms with Gasteiger partial charge < -0.3 is 14.8 Å². The van der Waals surface area contributed by atoms with Crippen LogP contribution in [0.2, 0.25) is 0 Å². The number of hydrogen-bond donors (Lipinski definition) is 1. The summed E-state index contributed by atoms with van der Waals surface area (Å²) in [5.41, 5.74) is 5.98. The van der Waals surface area contributed by atoms with Gasteiger partial charge in [0, 0.05) is 54.7 Å². The summed E-state index contributed by atoms with van der Waals surface area (Å²) in [5, 5.41) is 12.3. The number of nitrogens with zero attached hydrogens (tertiary/aromatic N) is 4. The summed E-state index contributed by atoms with van der Waals surface area (Å²) < 4.78 is 13.4. The van der Waals surface area contributed by atoms with Crippen molar-refractivity contribution in [2.45, 2.75) is 25.3 Å². The summed E-state index contributed by atoms with van der Waals surface area (Å²) in [7, 11) is 3.37. The number of aldehydes is 1. The Balaban J connectivity index is 1.82. The fourth-order valence-corrected chi connectivity index (χ4v) is 4.60. The Labute approximate surface area is 183 Å². The predicted octanol–water partition coefficient (Wildman–Crippen LogP) is 3.49. The Hall–Kier alpha value is -2.36. The molecule has 4 rings (SSSR count). The van der Waals surface area contributed by atoms with Crippen LogP contribution in [0.4, 0.5) is 5.69 Å². The summed E-state index contributed by atoms with van der Waals surface area (Å²) in [6.07, 6.45) is 1.64. The molecule has 0 bridgehead atoms. The maximum atomic E-state index is 11.5. The van der Waals surface area contributed by atoms with Gasteiger partial charge in [-0.2, -0.15) is 0 Å². The molecule has 30 heavy (non-hydrogen) atoms. The van der Waals surface area contributed by atoms with E-state index < -0.39 is 0 Å². The zero-order chi connectivity index (χ0) is 21.3. The molecule has 3 aromatic rings. The number of carbonyl (C=O) groups is 1. The quantitative estimate of drug-likeness (QED) is 0.500. The van der Waals surface area contributed by atoms with E-state index in [1.165, 1.54) is 0 Å². The standard InChI is InChI=1S/C21H24BrN5O3/c1-12-6-18-21(25-26-27(18)15(11-30-3)4-5-29-2)20(24-12)17-9-23-19-13(10-28)7-14(22)8-16(17)19/h6-8,10,15,17,23H,4-5,9,11H2,1-3H3. The average Bonchev–Trinajstić information content (AvgIpc) is 3.34. The highest BCUT2D eigenvalue weighted by Crippen LogP contribution is 2.41. The van der Waals surface area contributed by atoms with Gasteiger partial charge >= 0.3 is 0 Å². The Bertz CT molecular complexity index is 1080. The van der Waals surface area contributed by atoms with E-state index in [-0.39, 0.29) is 12.0 Å². The summed E-state index contributed by atoms with van der Waals surface area (Å²) in [5.74, 6) is -0.0244. The molecule has 2 aromatic heterocycles. The molecule has 0 amide bonds. The summed E-state index contributed by atoms with van der Waals surface area (Å²) >= 11 is 3.52. The van der Waals surface area contributed by atoms with Crippen LogP contribution in [-0.4, -0.2) is 60.2 Å². The number of halogens is 1.